The van der Waals surface area contributed by atoms with Gasteiger partial charge in [-0.15, -0.1) is 0 Å². The van der Waals surface area contributed by atoms with Crippen molar-refractivity contribution in [3.8, 4) is 0 Å². The van der Waals surface area contributed by atoms with Crippen LogP contribution in [-0.4, -0.2) is 16.5 Å². The minimum absolute atomic E-state index is 0.0725. The highest BCUT2D eigenvalue weighted by Crippen LogP contribution is 2.58. The Bertz CT molecular complexity index is 506. The fourth-order valence-corrected chi connectivity index (χ4v) is 5.23. The van der Waals surface area contributed by atoms with Crippen LogP contribution in [0.3, 0.4) is 0 Å². The predicted octanol–water partition coefficient (Wildman–Crippen LogP) is 3.28. The summed E-state index contributed by atoms with van der Waals surface area (Å²) in [5, 5.41) is 11.3. The third kappa shape index (κ3) is 1.59. The maximum Gasteiger partial charge on any atom is 0.142 e. The van der Waals surface area contributed by atoms with Gasteiger partial charge in [-0.05, 0) is 43.7 Å². The van der Waals surface area contributed by atoms with Crippen LogP contribution in [0.2, 0.25) is 0 Å². The van der Waals surface area contributed by atoms with Crippen molar-refractivity contribution in [1.29, 1.82) is 0 Å². The SMILES string of the molecule is O=C1[C@H]2CCC[C@@H]1[C@@H](c1ccco1)[C@H]1CCCC[C@@]21O. The van der Waals surface area contributed by atoms with Crippen LogP contribution in [0.4, 0.5) is 0 Å². The van der Waals surface area contributed by atoms with Crippen LogP contribution >= 0.6 is 0 Å². The summed E-state index contributed by atoms with van der Waals surface area (Å²) in [6.07, 6.45) is 8.63. The first-order chi connectivity index (χ1) is 9.72. The van der Waals surface area contributed by atoms with Crippen LogP contribution in [-0.2, 0) is 4.79 Å². The lowest BCUT2D eigenvalue weighted by atomic mass is 9.50. The fourth-order valence-electron chi connectivity index (χ4n) is 5.23. The molecule has 0 saturated heterocycles. The molecular weight excluding hydrogens is 252 g/mol. The molecule has 0 amide bonds. The first-order valence-corrected chi connectivity index (χ1v) is 8.01. The zero-order valence-corrected chi connectivity index (χ0v) is 11.8. The molecule has 4 rings (SSSR count). The summed E-state index contributed by atoms with van der Waals surface area (Å²) in [4.78, 5) is 12.8. The van der Waals surface area contributed by atoms with E-state index in [1.807, 2.05) is 12.1 Å². The average Bonchev–Trinajstić information content (AvgIpc) is 2.95. The first kappa shape index (κ1) is 12.6. The van der Waals surface area contributed by atoms with Gasteiger partial charge in [-0.1, -0.05) is 19.3 Å². The van der Waals surface area contributed by atoms with Gasteiger partial charge in [-0.3, -0.25) is 4.79 Å². The summed E-state index contributed by atoms with van der Waals surface area (Å²) < 4.78 is 5.64. The maximum absolute atomic E-state index is 12.8. The van der Waals surface area contributed by atoms with Gasteiger partial charge in [0.2, 0.25) is 0 Å². The Balaban J connectivity index is 1.82. The molecule has 20 heavy (non-hydrogen) atoms. The summed E-state index contributed by atoms with van der Waals surface area (Å²) in [7, 11) is 0. The fraction of sp³-hybridized carbons (Fsp3) is 0.706. The standard InChI is InChI=1S/C17H22O3/c18-16-11-5-3-7-13(16)17(19)9-2-1-6-12(17)15(11)14-8-4-10-20-14/h4,8,10-13,15,19H,1-3,5-7,9H2/t11-,12-,13-,15-,17+/m1/s1. The minimum Gasteiger partial charge on any atom is -0.469 e. The number of carbonyl (C=O) groups is 1. The summed E-state index contributed by atoms with van der Waals surface area (Å²) in [6.45, 7) is 0. The van der Waals surface area contributed by atoms with Crippen molar-refractivity contribution in [2.45, 2.75) is 56.5 Å². The Morgan fingerprint density at radius 1 is 1.20 bits per heavy atom. The van der Waals surface area contributed by atoms with Crippen molar-refractivity contribution in [3.05, 3.63) is 24.2 Å². The molecule has 108 valence electrons. The van der Waals surface area contributed by atoms with Crippen LogP contribution < -0.4 is 0 Å². The second kappa shape index (κ2) is 4.45. The number of rotatable bonds is 1. The zero-order chi connectivity index (χ0) is 13.7. The lowest BCUT2D eigenvalue weighted by Crippen LogP contribution is -2.60. The Morgan fingerprint density at radius 3 is 2.90 bits per heavy atom. The third-order valence-electron chi connectivity index (χ3n) is 6.04. The quantitative estimate of drug-likeness (QED) is 0.855. The number of hydrogen-bond donors (Lipinski definition) is 1. The molecule has 1 aromatic rings. The van der Waals surface area contributed by atoms with E-state index in [0.29, 0.717) is 5.78 Å². The van der Waals surface area contributed by atoms with E-state index in [2.05, 4.69) is 0 Å². The van der Waals surface area contributed by atoms with Gasteiger partial charge in [0.25, 0.3) is 0 Å². The van der Waals surface area contributed by atoms with E-state index in [1.54, 1.807) is 6.26 Å². The van der Waals surface area contributed by atoms with Gasteiger partial charge in [-0.25, -0.2) is 0 Å². The first-order valence-electron chi connectivity index (χ1n) is 8.01. The molecule has 3 aliphatic carbocycles. The predicted molar refractivity (Wildman–Crippen MR) is 74.2 cm³/mol. The van der Waals surface area contributed by atoms with Crippen LogP contribution in [0, 0.1) is 17.8 Å². The number of aliphatic hydroxyl groups is 1. The maximum atomic E-state index is 12.8. The molecule has 3 saturated carbocycles. The smallest absolute Gasteiger partial charge is 0.142 e. The van der Waals surface area contributed by atoms with Gasteiger partial charge in [0.15, 0.2) is 0 Å². The Hall–Kier alpha value is -1.09. The molecular formula is C17H22O3. The molecule has 1 aromatic heterocycles. The summed E-state index contributed by atoms with van der Waals surface area (Å²) in [5.41, 5.74) is -0.774. The van der Waals surface area contributed by atoms with Crippen molar-refractivity contribution in [3.63, 3.8) is 0 Å². The van der Waals surface area contributed by atoms with E-state index in [-0.39, 0.29) is 23.7 Å². The molecule has 0 unspecified atom stereocenters. The second-order valence-electron chi connectivity index (χ2n) is 6.88. The Kier molecular flexibility index (Phi) is 2.81. The molecule has 3 nitrogen and oxygen atoms in total. The average molecular weight is 274 g/mol. The van der Waals surface area contributed by atoms with E-state index in [1.165, 1.54) is 0 Å². The zero-order valence-electron chi connectivity index (χ0n) is 11.8. The van der Waals surface area contributed by atoms with Gasteiger partial charge in [0.1, 0.15) is 11.5 Å². The number of hydrogen-bond acceptors (Lipinski definition) is 3. The summed E-state index contributed by atoms with van der Waals surface area (Å²) >= 11 is 0. The topological polar surface area (TPSA) is 50.4 Å². The van der Waals surface area contributed by atoms with Crippen molar-refractivity contribution < 1.29 is 14.3 Å². The molecule has 0 radical (unpaired) electrons. The molecule has 3 fully saturated rings. The van der Waals surface area contributed by atoms with Crippen molar-refractivity contribution in [2.75, 3.05) is 0 Å². The molecule has 5 atom stereocenters. The lowest BCUT2D eigenvalue weighted by molar-refractivity contribution is -0.174. The van der Waals surface area contributed by atoms with Crippen LogP contribution in [0.25, 0.3) is 0 Å². The van der Waals surface area contributed by atoms with Crippen LogP contribution in [0.5, 0.6) is 0 Å². The Labute approximate surface area is 119 Å². The van der Waals surface area contributed by atoms with Gasteiger partial charge in [0.05, 0.1) is 11.9 Å². The summed E-state index contributed by atoms with van der Waals surface area (Å²) in [6, 6.07) is 3.89. The highest BCUT2D eigenvalue weighted by Gasteiger charge is 2.60. The van der Waals surface area contributed by atoms with Crippen LogP contribution in [0.15, 0.2) is 22.8 Å². The van der Waals surface area contributed by atoms with Gasteiger partial charge >= 0.3 is 0 Å². The van der Waals surface area contributed by atoms with Crippen molar-refractivity contribution in [2.24, 2.45) is 17.8 Å². The molecule has 3 heteroatoms. The van der Waals surface area contributed by atoms with Crippen LogP contribution in [0.1, 0.15) is 56.6 Å². The number of fused-ring (bicyclic) bond motifs is 4. The van der Waals surface area contributed by atoms with Crippen molar-refractivity contribution in [1.82, 2.24) is 0 Å². The molecule has 0 aromatic carbocycles. The van der Waals surface area contributed by atoms with E-state index >= 15 is 0 Å². The van der Waals surface area contributed by atoms with Gasteiger partial charge in [0, 0.05) is 17.8 Å². The summed E-state index contributed by atoms with van der Waals surface area (Å²) in [5.74, 6) is 1.48. The number of ketones is 1. The molecule has 1 heterocycles. The normalized spacial score (nSPS) is 44.1. The highest BCUT2D eigenvalue weighted by atomic mass is 16.3. The largest absolute Gasteiger partial charge is 0.469 e. The monoisotopic (exact) mass is 274 g/mol. The Morgan fingerprint density at radius 2 is 2.10 bits per heavy atom. The number of furan rings is 1. The molecule has 1 N–H and O–H groups in total. The lowest BCUT2D eigenvalue weighted by Gasteiger charge is -2.55. The van der Waals surface area contributed by atoms with Gasteiger partial charge in [-0.2, -0.15) is 0 Å². The number of carbonyl (C=O) groups excluding carboxylic acids is 1. The molecule has 0 aliphatic heterocycles. The molecule has 0 spiro atoms. The van der Waals surface area contributed by atoms with E-state index in [9.17, 15) is 9.90 Å². The molecule has 3 aliphatic rings. The van der Waals surface area contributed by atoms with E-state index in [4.69, 9.17) is 4.42 Å². The van der Waals surface area contributed by atoms with E-state index in [0.717, 1.165) is 50.7 Å². The van der Waals surface area contributed by atoms with Gasteiger partial charge < -0.3 is 9.52 Å². The van der Waals surface area contributed by atoms with Crippen molar-refractivity contribution >= 4 is 5.78 Å². The minimum atomic E-state index is -0.774. The van der Waals surface area contributed by atoms with E-state index < -0.39 is 5.60 Å². The number of Topliss-reactive ketones (excluding diaryl/α,β-unsaturated/α-hetero) is 1. The second-order valence-corrected chi connectivity index (χ2v) is 6.88. The highest BCUT2D eigenvalue weighted by molar-refractivity contribution is 5.87. The third-order valence-corrected chi connectivity index (χ3v) is 6.04. The molecule has 2 bridgehead atoms.